The molecular weight excluding hydrogens is 206 g/mol. The highest BCUT2D eigenvalue weighted by Crippen LogP contribution is 2.00. The lowest BCUT2D eigenvalue weighted by Gasteiger charge is -1.92. The normalized spacial score (nSPS) is 10.6. The van der Waals surface area contributed by atoms with E-state index >= 15 is 0 Å². The molecule has 0 N–H and O–H groups in total. The Balaban J connectivity index is 0.000000770. The summed E-state index contributed by atoms with van der Waals surface area (Å²) in [6.07, 6.45) is 8.25. The maximum Gasteiger partial charge on any atom is 0.0623 e. The van der Waals surface area contributed by atoms with Gasteiger partial charge in [-0.25, -0.2) is 0 Å². The van der Waals surface area contributed by atoms with E-state index in [9.17, 15) is 0 Å². The molecule has 0 bridgehead atoms. The van der Waals surface area contributed by atoms with Gasteiger partial charge >= 0.3 is 0 Å². The van der Waals surface area contributed by atoms with E-state index in [1.807, 2.05) is 36.4 Å². The van der Waals surface area contributed by atoms with E-state index in [0.717, 1.165) is 11.3 Å². The molecule has 0 heterocycles. The van der Waals surface area contributed by atoms with Crippen LogP contribution in [0.1, 0.15) is 25.8 Å². The lowest BCUT2D eigenvalue weighted by molar-refractivity contribution is 1.09. The first-order valence-corrected chi connectivity index (χ1v) is 5.82. The predicted octanol–water partition coefficient (Wildman–Crippen LogP) is 4.78. The summed E-state index contributed by atoms with van der Waals surface area (Å²) in [5.41, 5.74) is 1.88. The zero-order valence-corrected chi connectivity index (χ0v) is 10.8. The van der Waals surface area contributed by atoms with Gasteiger partial charge in [0, 0.05) is 6.21 Å². The molecule has 0 aliphatic heterocycles. The van der Waals surface area contributed by atoms with Crippen LogP contribution in [0.5, 0.6) is 0 Å². The molecule has 0 aliphatic carbocycles. The van der Waals surface area contributed by atoms with Gasteiger partial charge in [0.05, 0.1) is 5.70 Å². The maximum absolute atomic E-state index is 4.25. The Kier molecular flexibility index (Phi) is 9.44. The Morgan fingerprint density at radius 1 is 1.18 bits per heavy atom. The highest BCUT2D eigenvalue weighted by Gasteiger charge is 1.85. The van der Waals surface area contributed by atoms with Crippen LogP contribution in [0, 0.1) is 0 Å². The predicted molar refractivity (Wildman–Crippen MR) is 78.5 cm³/mol. The molecule has 1 aromatic carbocycles. The number of hydrogen-bond donors (Lipinski definition) is 0. The van der Waals surface area contributed by atoms with Crippen molar-refractivity contribution in [3.05, 3.63) is 73.0 Å². The minimum absolute atomic E-state index is 0.809. The molecule has 1 aromatic rings. The first-order valence-electron chi connectivity index (χ1n) is 5.82. The first kappa shape index (κ1) is 15.1. The van der Waals surface area contributed by atoms with Crippen LogP contribution in [0.2, 0.25) is 0 Å². The van der Waals surface area contributed by atoms with Gasteiger partial charge in [-0.15, -0.1) is 0 Å². The molecule has 0 atom stereocenters. The third-order valence-corrected chi connectivity index (χ3v) is 1.66. The molecule has 1 nitrogen and oxygen atoms in total. The molecule has 0 saturated heterocycles. The fourth-order valence-electron chi connectivity index (χ4n) is 0.973. The van der Waals surface area contributed by atoms with Crippen molar-refractivity contribution in [3.63, 3.8) is 0 Å². The minimum Gasteiger partial charge on any atom is -0.256 e. The van der Waals surface area contributed by atoms with Crippen molar-refractivity contribution in [2.45, 2.75) is 20.3 Å². The topological polar surface area (TPSA) is 12.4 Å². The molecule has 0 fully saturated rings. The van der Waals surface area contributed by atoms with Crippen molar-refractivity contribution in [3.8, 4) is 0 Å². The molecule has 1 rings (SSSR count). The number of allylic oxidation sites excluding steroid dienone is 3. The summed E-state index contributed by atoms with van der Waals surface area (Å²) in [5.74, 6) is 0. The summed E-state index contributed by atoms with van der Waals surface area (Å²) in [7, 11) is 0. The number of aliphatic imine (C=N–C) groups is 1. The molecule has 0 aliphatic rings. The monoisotopic (exact) mass is 227 g/mol. The van der Waals surface area contributed by atoms with E-state index in [0.29, 0.717) is 0 Å². The summed E-state index contributed by atoms with van der Waals surface area (Å²) in [5, 5.41) is 0. The second-order valence-corrected chi connectivity index (χ2v) is 3.41. The van der Waals surface area contributed by atoms with Crippen molar-refractivity contribution in [1.29, 1.82) is 0 Å². The summed E-state index contributed by atoms with van der Waals surface area (Å²) in [4.78, 5) is 4.25. The molecule has 90 valence electrons. The van der Waals surface area contributed by atoms with E-state index in [4.69, 9.17) is 0 Å². The Labute approximate surface area is 105 Å². The van der Waals surface area contributed by atoms with Gasteiger partial charge in [-0.3, -0.25) is 4.99 Å². The second kappa shape index (κ2) is 10.6. The van der Waals surface area contributed by atoms with Crippen molar-refractivity contribution in [2.75, 3.05) is 0 Å². The fraction of sp³-hybridized carbons (Fsp3) is 0.188. The van der Waals surface area contributed by atoms with Crippen molar-refractivity contribution in [2.24, 2.45) is 4.99 Å². The molecule has 0 saturated carbocycles. The van der Waals surface area contributed by atoms with E-state index in [-0.39, 0.29) is 0 Å². The van der Waals surface area contributed by atoms with Crippen LogP contribution in [0.25, 0.3) is 0 Å². The smallest absolute Gasteiger partial charge is 0.0623 e. The zero-order valence-electron chi connectivity index (χ0n) is 10.8. The average Bonchev–Trinajstić information content (AvgIpc) is 2.37. The number of rotatable bonds is 4. The van der Waals surface area contributed by atoms with Gasteiger partial charge in [-0.2, -0.15) is 0 Å². The number of nitrogens with zero attached hydrogens (tertiary/aromatic N) is 1. The summed E-state index contributed by atoms with van der Waals surface area (Å²) in [6.45, 7) is 11.5. The quantitative estimate of drug-likeness (QED) is 0.518. The van der Waals surface area contributed by atoms with Crippen molar-refractivity contribution < 1.29 is 0 Å². The molecule has 0 aromatic heterocycles. The van der Waals surface area contributed by atoms with Crippen molar-refractivity contribution in [1.82, 2.24) is 0 Å². The Morgan fingerprint density at radius 3 is 2.24 bits per heavy atom. The maximum atomic E-state index is 4.25. The van der Waals surface area contributed by atoms with Gasteiger partial charge in [0.1, 0.15) is 0 Å². The largest absolute Gasteiger partial charge is 0.256 e. The van der Waals surface area contributed by atoms with E-state index < -0.39 is 0 Å². The van der Waals surface area contributed by atoms with Gasteiger partial charge < -0.3 is 0 Å². The minimum atomic E-state index is 0.809. The van der Waals surface area contributed by atoms with Crippen LogP contribution in [0.3, 0.4) is 0 Å². The molecule has 1 heteroatoms. The Morgan fingerprint density at radius 2 is 1.76 bits per heavy atom. The van der Waals surface area contributed by atoms with E-state index in [1.165, 1.54) is 6.42 Å². The summed E-state index contributed by atoms with van der Waals surface area (Å²) < 4.78 is 0. The highest BCUT2D eigenvalue weighted by molar-refractivity contribution is 5.80. The van der Waals surface area contributed by atoms with Crippen LogP contribution in [0.4, 0.5) is 0 Å². The number of benzene rings is 1. The zero-order chi connectivity index (χ0) is 12.9. The molecule has 0 unspecified atom stereocenters. The molecule has 0 spiro atoms. The lowest BCUT2D eigenvalue weighted by Crippen LogP contribution is -1.79. The molecular formula is C16H21N. The highest BCUT2D eigenvalue weighted by atomic mass is 14.7. The SMILES string of the molecule is C=C/C=C(\C=C)N=Cc1ccccc1.CCC. The third kappa shape index (κ3) is 7.97. The molecule has 0 amide bonds. The number of hydrogen-bond acceptors (Lipinski definition) is 1. The molecule has 17 heavy (non-hydrogen) atoms. The van der Waals surface area contributed by atoms with Crippen molar-refractivity contribution >= 4 is 6.21 Å². The van der Waals surface area contributed by atoms with E-state index in [2.05, 4.69) is 32.0 Å². The third-order valence-electron chi connectivity index (χ3n) is 1.66. The Bertz CT molecular complexity index is 372. The summed E-state index contributed by atoms with van der Waals surface area (Å²) in [6, 6.07) is 9.93. The van der Waals surface area contributed by atoms with Crippen LogP contribution in [-0.4, -0.2) is 6.21 Å². The van der Waals surface area contributed by atoms with Crippen LogP contribution < -0.4 is 0 Å². The lowest BCUT2D eigenvalue weighted by atomic mass is 10.2. The van der Waals surface area contributed by atoms with Gasteiger partial charge in [0.2, 0.25) is 0 Å². The standard InChI is InChI=1S/C13H13N.C3H8/c1-3-8-13(4-2)14-11-12-9-6-5-7-10-12;1-3-2/h3-11H,1-2H2;3H2,1-2H3/b13-8+,14-11?;. The Hall–Kier alpha value is -1.89. The summed E-state index contributed by atoms with van der Waals surface area (Å²) >= 11 is 0. The van der Waals surface area contributed by atoms with Crippen LogP contribution >= 0.6 is 0 Å². The van der Waals surface area contributed by atoms with Gasteiger partial charge in [-0.05, 0) is 17.7 Å². The second-order valence-electron chi connectivity index (χ2n) is 3.41. The van der Waals surface area contributed by atoms with Gasteiger partial charge in [0.25, 0.3) is 0 Å². The van der Waals surface area contributed by atoms with Crippen LogP contribution in [0.15, 0.2) is 72.4 Å². The van der Waals surface area contributed by atoms with Gasteiger partial charge in [-0.1, -0.05) is 69.8 Å². The van der Waals surface area contributed by atoms with Crippen LogP contribution in [-0.2, 0) is 0 Å². The first-order chi connectivity index (χ1) is 8.28. The van der Waals surface area contributed by atoms with E-state index in [1.54, 1.807) is 18.4 Å². The fourth-order valence-corrected chi connectivity index (χ4v) is 0.973. The molecule has 0 radical (unpaired) electrons. The average molecular weight is 227 g/mol. The van der Waals surface area contributed by atoms with Gasteiger partial charge in [0.15, 0.2) is 0 Å².